The third-order valence-electron chi connectivity index (χ3n) is 3.26. The largest absolute Gasteiger partial charge is 0.470 e. The lowest BCUT2D eigenvalue weighted by Gasteiger charge is -2.38. The second-order valence-electron chi connectivity index (χ2n) is 4.73. The summed E-state index contributed by atoms with van der Waals surface area (Å²) in [5.41, 5.74) is 0.435. The van der Waals surface area contributed by atoms with Crippen molar-refractivity contribution in [3.63, 3.8) is 0 Å². The number of ether oxygens (including phenoxy) is 1. The van der Waals surface area contributed by atoms with Gasteiger partial charge in [0.1, 0.15) is 17.7 Å². The molecule has 0 bridgehead atoms. The molecule has 0 atom stereocenters. The Balaban J connectivity index is 1.56. The van der Waals surface area contributed by atoms with Crippen LogP contribution in [-0.4, -0.2) is 35.0 Å². The molecule has 92 valence electrons. The zero-order chi connectivity index (χ0) is 12.5. The van der Waals surface area contributed by atoms with Crippen molar-refractivity contribution < 1.29 is 9.53 Å². The summed E-state index contributed by atoms with van der Waals surface area (Å²) in [6, 6.07) is 5.42. The van der Waals surface area contributed by atoms with E-state index >= 15 is 0 Å². The first-order chi connectivity index (χ1) is 8.78. The Bertz CT molecular complexity index is 513. The maximum atomic E-state index is 11.7. The van der Waals surface area contributed by atoms with E-state index in [-0.39, 0.29) is 17.9 Å². The molecule has 3 rings (SSSR count). The second kappa shape index (κ2) is 4.30. The quantitative estimate of drug-likeness (QED) is 0.792. The molecule has 5 nitrogen and oxygen atoms in total. The number of amides is 1. The van der Waals surface area contributed by atoms with Gasteiger partial charge in [-0.2, -0.15) is 5.26 Å². The Morgan fingerprint density at radius 3 is 2.94 bits per heavy atom. The fourth-order valence-corrected chi connectivity index (χ4v) is 2.01. The van der Waals surface area contributed by atoms with Gasteiger partial charge in [-0.15, -0.1) is 0 Å². The number of nitriles is 1. The standard InChI is InChI=1S/C13H13N3O2/c14-6-10-2-1-5-15-12(10)18-11-7-16(8-11)13(17)9-3-4-9/h1-2,5,9,11H,3-4,7-8H2. The molecular formula is C13H13N3O2. The first-order valence-electron chi connectivity index (χ1n) is 6.08. The highest BCUT2D eigenvalue weighted by Gasteiger charge is 2.40. The lowest BCUT2D eigenvalue weighted by atomic mass is 10.1. The smallest absolute Gasteiger partial charge is 0.232 e. The molecule has 1 saturated carbocycles. The minimum atomic E-state index is -0.0327. The third-order valence-corrected chi connectivity index (χ3v) is 3.26. The Labute approximate surface area is 105 Å². The van der Waals surface area contributed by atoms with E-state index in [0.717, 1.165) is 12.8 Å². The van der Waals surface area contributed by atoms with Crippen LogP contribution in [0.2, 0.25) is 0 Å². The Kier molecular flexibility index (Phi) is 2.63. The highest BCUT2D eigenvalue weighted by atomic mass is 16.5. The summed E-state index contributed by atoms with van der Waals surface area (Å²) in [7, 11) is 0. The predicted molar refractivity (Wildman–Crippen MR) is 62.7 cm³/mol. The maximum absolute atomic E-state index is 11.7. The molecule has 1 aliphatic heterocycles. The summed E-state index contributed by atoms with van der Waals surface area (Å²) in [6.07, 6.45) is 3.62. The van der Waals surface area contributed by atoms with E-state index in [2.05, 4.69) is 4.98 Å². The maximum Gasteiger partial charge on any atom is 0.232 e. The van der Waals surface area contributed by atoms with Gasteiger partial charge in [0.2, 0.25) is 11.8 Å². The van der Waals surface area contributed by atoms with E-state index in [1.165, 1.54) is 0 Å². The molecule has 0 spiro atoms. The molecule has 1 saturated heterocycles. The lowest BCUT2D eigenvalue weighted by molar-refractivity contribution is -0.141. The van der Waals surface area contributed by atoms with Gasteiger partial charge in [-0.25, -0.2) is 4.98 Å². The van der Waals surface area contributed by atoms with Crippen molar-refractivity contribution in [1.82, 2.24) is 9.88 Å². The highest BCUT2D eigenvalue weighted by Crippen LogP contribution is 2.33. The molecule has 0 aromatic carbocycles. The molecule has 1 amide bonds. The normalized spacial score (nSPS) is 18.9. The minimum Gasteiger partial charge on any atom is -0.470 e. The van der Waals surface area contributed by atoms with Crippen LogP contribution in [-0.2, 0) is 4.79 Å². The van der Waals surface area contributed by atoms with Gasteiger partial charge in [0.15, 0.2) is 0 Å². The fraction of sp³-hybridized carbons (Fsp3) is 0.462. The SMILES string of the molecule is N#Cc1cccnc1OC1CN(C(=O)C2CC2)C1. The number of nitrogens with zero attached hydrogens (tertiary/aromatic N) is 3. The van der Waals surface area contributed by atoms with Gasteiger partial charge in [0, 0.05) is 12.1 Å². The number of pyridine rings is 1. The van der Waals surface area contributed by atoms with Crippen LogP contribution in [0.3, 0.4) is 0 Å². The average Bonchev–Trinajstić information content (AvgIpc) is 3.17. The van der Waals surface area contributed by atoms with Crippen LogP contribution in [0.4, 0.5) is 0 Å². The van der Waals surface area contributed by atoms with Crippen LogP contribution in [0, 0.1) is 17.2 Å². The van der Waals surface area contributed by atoms with Crippen LogP contribution >= 0.6 is 0 Å². The summed E-state index contributed by atoms with van der Waals surface area (Å²) in [5, 5.41) is 8.91. The zero-order valence-electron chi connectivity index (χ0n) is 9.87. The molecular weight excluding hydrogens is 230 g/mol. The molecule has 1 aromatic rings. The van der Waals surface area contributed by atoms with Gasteiger partial charge in [0.25, 0.3) is 0 Å². The molecule has 2 heterocycles. The number of aromatic nitrogens is 1. The average molecular weight is 243 g/mol. The van der Waals surface area contributed by atoms with Crippen molar-refractivity contribution >= 4 is 5.91 Å². The van der Waals surface area contributed by atoms with Gasteiger partial charge in [-0.3, -0.25) is 4.79 Å². The molecule has 2 aliphatic rings. The summed E-state index contributed by atoms with van der Waals surface area (Å²) in [5.74, 6) is 0.871. The van der Waals surface area contributed by atoms with Gasteiger partial charge < -0.3 is 9.64 Å². The molecule has 5 heteroatoms. The van der Waals surface area contributed by atoms with E-state index in [1.807, 2.05) is 11.0 Å². The van der Waals surface area contributed by atoms with E-state index in [9.17, 15) is 4.79 Å². The summed E-state index contributed by atoms with van der Waals surface area (Å²) in [6.45, 7) is 1.22. The number of hydrogen-bond donors (Lipinski definition) is 0. The first kappa shape index (κ1) is 11.0. The number of hydrogen-bond acceptors (Lipinski definition) is 4. The van der Waals surface area contributed by atoms with Crippen molar-refractivity contribution in [2.45, 2.75) is 18.9 Å². The van der Waals surface area contributed by atoms with Gasteiger partial charge in [0.05, 0.1) is 13.1 Å². The monoisotopic (exact) mass is 243 g/mol. The third kappa shape index (κ3) is 2.02. The number of likely N-dealkylation sites (tertiary alicyclic amines) is 1. The van der Waals surface area contributed by atoms with Crippen molar-refractivity contribution in [3.8, 4) is 11.9 Å². The second-order valence-corrected chi connectivity index (χ2v) is 4.73. The van der Waals surface area contributed by atoms with Crippen molar-refractivity contribution in [3.05, 3.63) is 23.9 Å². The molecule has 18 heavy (non-hydrogen) atoms. The molecule has 2 fully saturated rings. The first-order valence-corrected chi connectivity index (χ1v) is 6.08. The predicted octanol–water partition coefficient (Wildman–Crippen LogP) is 0.953. The Hall–Kier alpha value is -2.09. The number of rotatable bonds is 3. The van der Waals surface area contributed by atoms with Crippen LogP contribution in [0.1, 0.15) is 18.4 Å². The van der Waals surface area contributed by atoms with Crippen LogP contribution in [0.15, 0.2) is 18.3 Å². The van der Waals surface area contributed by atoms with Crippen LogP contribution < -0.4 is 4.74 Å². The Morgan fingerprint density at radius 1 is 1.50 bits per heavy atom. The van der Waals surface area contributed by atoms with Crippen LogP contribution in [0.5, 0.6) is 5.88 Å². The van der Waals surface area contributed by atoms with Gasteiger partial charge >= 0.3 is 0 Å². The molecule has 0 radical (unpaired) electrons. The molecule has 0 unspecified atom stereocenters. The van der Waals surface area contributed by atoms with E-state index in [4.69, 9.17) is 10.00 Å². The van der Waals surface area contributed by atoms with Gasteiger partial charge in [-0.05, 0) is 25.0 Å². The van der Waals surface area contributed by atoms with Crippen molar-refractivity contribution in [2.75, 3.05) is 13.1 Å². The summed E-state index contributed by atoms with van der Waals surface area (Å²) in [4.78, 5) is 17.6. The topological polar surface area (TPSA) is 66.2 Å². The van der Waals surface area contributed by atoms with Gasteiger partial charge in [-0.1, -0.05) is 0 Å². The zero-order valence-corrected chi connectivity index (χ0v) is 9.87. The summed E-state index contributed by atoms with van der Waals surface area (Å²) >= 11 is 0. The van der Waals surface area contributed by atoms with E-state index in [1.54, 1.807) is 18.3 Å². The highest BCUT2D eigenvalue weighted by molar-refractivity contribution is 5.81. The molecule has 1 aliphatic carbocycles. The van der Waals surface area contributed by atoms with E-state index in [0.29, 0.717) is 24.5 Å². The van der Waals surface area contributed by atoms with Crippen molar-refractivity contribution in [1.29, 1.82) is 5.26 Å². The summed E-state index contributed by atoms with van der Waals surface area (Å²) < 4.78 is 5.63. The van der Waals surface area contributed by atoms with E-state index < -0.39 is 0 Å². The fourth-order valence-electron chi connectivity index (χ4n) is 2.01. The van der Waals surface area contributed by atoms with Crippen molar-refractivity contribution in [2.24, 2.45) is 5.92 Å². The minimum absolute atomic E-state index is 0.0327. The molecule has 1 aromatic heterocycles. The molecule has 0 N–H and O–H groups in total. The lowest BCUT2D eigenvalue weighted by Crippen LogP contribution is -2.56. The number of carbonyl (C=O) groups excluding carboxylic acids is 1. The number of carbonyl (C=O) groups is 1. The van der Waals surface area contributed by atoms with Crippen LogP contribution in [0.25, 0.3) is 0 Å². The Morgan fingerprint density at radius 2 is 2.28 bits per heavy atom.